The molecular formula is C15H14N2O. The molecular weight excluding hydrogens is 224 g/mol. The third-order valence-electron chi connectivity index (χ3n) is 3.22. The molecule has 0 aliphatic heterocycles. The van der Waals surface area contributed by atoms with Crippen molar-refractivity contribution in [1.29, 1.82) is 0 Å². The van der Waals surface area contributed by atoms with Gasteiger partial charge in [-0.2, -0.15) is 0 Å². The van der Waals surface area contributed by atoms with E-state index in [1.165, 1.54) is 0 Å². The number of benzene rings is 2. The van der Waals surface area contributed by atoms with E-state index in [4.69, 9.17) is 4.84 Å². The van der Waals surface area contributed by atoms with E-state index < -0.39 is 0 Å². The Labute approximate surface area is 105 Å². The molecule has 3 rings (SSSR count). The molecule has 0 amide bonds. The molecule has 3 heteroatoms. The molecule has 0 saturated carbocycles. The Hall–Kier alpha value is -2.29. The number of hydrogen-bond acceptors (Lipinski definition) is 2. The fourth-order valence-electron chi connectivity index (χ4n) is 2.40. The van der Waals surface area contributed by atoms with Gasteiger partial charge in [0.2, 0.25) is 0 Å². The molecule has 0 bridgehead atoms. The summed E-state index contributed by atoms with van der Waals surface area (Å²) in [6.45, 7) is 0. The molecule has 0 N–H and O–H groups in total. The van der Waals surface area contributed by atoms with Crippen LogP contribution in [0.2, 0.25) is 0 Å². The first-order valence-corrected chi connectivity index (χ1v) is 5.86. The number of aryl methyl sites for hydroxylation is 1. The smallest absolute Gasteiger partial charge is 0.121 e. The number of fused-ring (bicyclic) bond motifs is 2. The van der Waals surface area contributed by atoms with E-state index in [9.17, 15) is 0 Å². The summed E-state index contributed by atoms with van der Waals surface area (Å²) in [5, 5.41) is 7.28. The van der Waals surface area contributed by atoms with Crippen molar-refractivity contribution in [3.8, 4) is 0 Å². The Bertz CT molecular complexity index is 727. The maximum Gasteiger partial charge on any atom is 0.121 e. The predicted octanol–water partition coefficient (Wildman–Crippen LogP) is 2.79. The molecule has 2 aromatic carbocycles. The minimum Gasteiger partial charge on any atom is -0.399 e. The van der Waals surface area contributed by atoms with E-state index in [1.54, 1.807) is 7.11 Å². The molecule has 3 nitrogen and oxygen atoms in total. The third kappa shape index (κ3) is 1.48. The van der Waals surface area contributed by atoms with Crippen molar-refractivity contribution < 1.29 is 4.84 Å². The van der Waals surface area contributed by atoms with E-state index in [-0.39, 0.29) is 0 Å². The number of pyridine rings is 1. The fraction of sp³-hybridized carbons (Fsp3) is 0.133. The van der Waals surface area contributed by atoms with Crippen molar-refractivity contribution in [2.75, 3.05) is 7.11 Å². The van der Waals surface area contributed by atoms with Crippen LogP contribution >= 0.6 is 0 Å². The highest BCUT2D eigenvalue weighted by molar-refractivity contribution is 5.92. The SMILES string of the molecule is CON=c1c2ccccc2n(C)c2ccccc12. The van der Waals surface area contributed by atoms with Crippen LogP contribution < -0.4 is 5.36 Å². The zero-order chi connectivity index (χ0) is 12.5. The normalized spacial score (nSPS) is 10.8. The van der Waals surface area contributed by atoms with Gasteiger partial charge >= 0.3 is 0 Å². The molecule has 3 aromatic rings. The van der Waals surface area contributed by atoms with Gasteiger partial charge in [0.05, 0.1) is 11.0 Å². The van der Waals surface area contributed by atoms with Crippen molar-refractivity contribution in [3.63, 3.8) is 0 Å². The van der Waals surface area contributed by atoms with Crippen molar-refractivity contribution in [1.82, 2.24) is 4.57 Å². The van der Waals surface area contributed by atoms with Gasteiger partial charge in [-0.15, -0.1) is 0 Å². The van der Waals surface area contributed by atoms with Crippen LogP contribution in [0.5, 0.6) is 0 Å². The largest absolute Gasteiger partial charge is 0.399 e. The van der Waals surface area contributed by atoms with E-state index >= 15 is 0 Å². The maximum absolute atomic E-state index is 5.00. The van der Waals surface area contributed by atoms with Gasteiger partial charge in [-0.05, 0) is 12.1 Å². The minimum atomic E-state index is 0.891. The van der Waals surface area contributed by atoms with E-state index in [0.717, 1.165) is 27.2 Å². The Morgan fingerprint density at radius 2 is 1.39 bits per heavy atom. The summed E-state index contributed by atoms with van der Waals surface area (Å²) < 4.78 is 2.18. The standard InChI is InChI=1S/C15H14N2O/c1-17-13-9-5-3-7-11(13)15(16-18-2)12-8-4-6-10-14(12)17/h3-10H,1-2H3. The van der Waals surface area contributed by atoms with Gasteiger partial charge in [0.15, 0.2) is 0 Å². The number of nitrogens with zero attached hydrogens (tertiary/aromatic N) is 2. The highest BCUT2D eigenvalue weighted by Crippen LogP contribution is 2.17. The molecule has 0 saturated heterocycles. The average molecular weight is 238 g/mol. The maximum atomic E-state index is 5.00. The summed E-state index contributed by atoms with van der Waals surface area (Å²) in [5.74, 6) is 0. The first-order valence-electron chi connectivity index (χ1n) is 5.86. The van der Waals surface area contributed by atoms with Gasteiger partial charge in [-0.25, -0.2) is 0 Å². The Morgan fingerprint density at radius 1 is 0.889 bits per heavy atom. The summed E-state index contributed by atoms with van der Waals surface area (Å²) in [4.78, 5) is 5.00. The average Bonchev–Trinajstić information content (AvgIpc) is 2.43. The fourth-order valence-corrected chi connectivity index (χ4v) is 2.40. The molecule has 90 valence electrons. The van der Waals surface area contributed by atoms with Crippen molar-refractivity contribution in [3.05, 3.63) is 53.9 Å². The molecule has 1 aromatic heterocycles. The second kappa shape index (κ2) is 4.18. The van der Waals surface area contributed by atoms with Gasteiger partial charge in [0.1, 0.15) is 12.5 Å². The van der Waals surface area contributed by atoms with Crippen LogP contribution in [0.4, 0.5) is 0 Å². The van der Waals surface area contributed by atoms with Crippen LogP contribution in [0.3, 0.4) is 0 Å². The van der Waals surface area contributed by atoms with Gasteiger partial charge in [0.25, 0.3) is 0 Å². The Kier molecular flexibility index (Phi) is 2.52. The van der Waals surface area contributed by atoms with Crippen LogP contribution in [0.1, 0.15) is 0 Å². The number of hydrogen-bond donors (Lipinski definition) is 0. The molecule has 0 aliphatic rings. The quantitative estimate of drug-likeness (QED) is 0.473. The van der Waals surface area contributed by atoms with Gasteiger partial charge in [-0.3, -0.25) is 0 Å². The van der Waals surface area contributed by atoms with E-state index in [0.29, 0.717) is 0 Å². The summed E-state index contributed by atoms with van der Waals surface area (Å²) in [6.07, 6.45) is 0. The van der Waals surface area contributed by atoms with E-state index in [2.05, 4.69) is 41.0 Å². The summed E-state index contributed by atoms with van der Waals surface area (Å²) in [6, 6.07) is 16.4. The predicted molar refractivity (Wildman–Crippen MR) is 73.0 cm³/mol. The molecule has 0 radical (unpaired) electrons. The van der Waals surface area contributed by atoms with Crippen LogP contribution in [0.25, 0.3) is 21.8 Å². The third-order valence-corrected chi connectivity index (χ3v) is 3.22. The second-order valence-electron chi connectivity index (χ2n) is 4.22. The van der Waals surface area contributed by atoms with Gasteiger partial charge in [0, 0.05) is 17.8 Å². The zero-order valence-electron chi connectivity index (χ0n) is 10.4. The van der Waals surface area contributed by atoms with Crippen molar-refractivity contribution >= 4 is 21.8 Å². The first-order chi connectivity index (χ1) is 8.83. The number of rotatable bonds is 1. The molecule has 0 aliphatic carbocycles. The van der Waals surface area contributed by atoms with Crippen molar-refractivity contribution in [2.45, 2.75) is 0 Å². The van der Waals surface area contributed by atoms with Gasteiger partial charge in [-0.1, -0.05) is 41.6 Å². The van der Waals surface area contributed by atoms with E-state index in [1.807, 2.05) is 24.3 Å². The Balaban J connectivity index is 2.68. The minimum absolute atomic E-state index is 0.891. The molecule has 1 heterocycles. The van der Waals surface area contributed by atoms with Gasteiger partial charge < -0.3 is 9.40 Å². The molecule has 0 fully saturated rings. The van der Waals surface area contributed by atoms with Crippen LogP contribution in [-0.2, 0) is 11.9 Å². The highest BCUT2D eigenvalue weighted by Gasteiger charge is 2.06. The Morgan fingerprint density at radius 3 is 1.89 bits per heavy atom. The lowest BCUT2D eigenvalue weighted by molar-refractivity contribution is 0.202. The second-order valence-corrected chi connectivity index (χ2v) is 4.22. The van der Waals surface area contributed by atoms with Crippen LogP contribution in [0, 0.1) is 0 Å². The topological polar surface area (TPSA) is 26.5 Å². The number of aromatic nitrogens is 1. The highest BCUT2D eigenvalue weighted by atomic mass is 16.6. The molecule has 18 heavy (non-hydrogen) atoms. The van der Waals surface area contributed by atoms with Crippen LogP contribution in [0.15, 0.2) is 53.7 Å². The first kappa shape index (κ1) is 10.8. The lowest BCUT2D eigenvalue weighted by Crippen LogP contribution is -2.11. The molecule has 0 atom stereocenters. The lowest BCUT2D eigenvalue weighted by atomic mass is 10.1. The summed E-state index contributed by atoms with van der Waals surface area (Å²) in [7, 11) is 3.65. The van der Waals surface area contributed by atoms with Crippen molar-refractivity contribution in [2.24, 2.45) is 12.2 Å². The molecule has 0 unspecified atom stereocenters. The number of para-hydroxylation sites is 2. The summed E-state index contributed by atoms with van der Waals surface area (Å²) in [5.41, 5.74) is 2.29. The molecule has 0 spiro atoms. The monoisotopic (exact) mass is 238 g/mol. The lowest BCUT2D eigenvalue weighted by Gasteiger charge is -2.11. The zero-order valence-corrected chi connectivity index (χ0v) is 10.4. The van der Waals surface area contributed by atoms with Crippen LogP contribution in [-0.4, -0.2) is 11.7 Å². The summed E-state index contributed by atoms with van der Waals surface area (Å²) >= 11 is 0.